The number of hydrogen-bond donors (Lipinski definition) is 0. The van der Waals surface area contributed by atoms with Crippen LogP contribution in [0.25, 0.3) is 0 Å². The van der Waals surface area contributed by atoms with E-state index in [0.717, 1.165) is 34.8 Å². The Morgan fingerprint density at radius 2 is 1.08 bits per heavy atom. The molecule has 0 saturated carbocycles. The van der Waals surface area contributed by atoms with Gasteiger partial charge in [0.05, 0.1) is 7.11 Å². The molecule has 1 aliphatic rings. The minimum Gasteiger partial charge on any atom is -0.467 e. The summed E-state index contributed by atoms with van der Waals surface area (Å²) in [6, 6.07) is 0. The van der Waals surface area contributed by atoms with Crippen molar-refractivity contribution in [2.45, 2.75) is 58.4 Å². The lowest BCUT2D eigenvalue weighted by Crippen LogP contribution is -2.64. The van der Waals surface area contributed by atoms with Crippen molar-refractivity contribution in [2.24, 2.45) is 0 Å². The van der Waals surface area contributed by atoms with Crippen molar-refractivity contribution in [3.8, 4) is 0 Å². The molecular formula is C15H20O11. The summed E-state index contributed by atoms with van der Waals surface area (Å²) in [4.78, 5) is 57.7. The Kier molecular flexibility index (Phi) is 7.50. The van der Waals surface area contributed by atoms with Gasteiger partial charge in [0.2, 0.25) is 12.4 Å². The zero-order chi connectivity index (χ0) is 20.0. The number of ether oxygens (including phenoxy) is 6. The van der Waals surface area contributed by atoms with Crippen molar-refractivity contribution in [1.29, 1.82) is 0 Å². The summed E-state index contributed by atoms with van der Waals surface area (Å²) in [5.74, 6) is -4.25. The average molecular weight is 376 g/mol. The number of carbonyl (C=O) groups excluding carboxylic acids is 5. The van der Waals surface area contributed by atoms with E-state index in [0.29, 0.717) is 0 Å². The first-order chi connectivity index (χ1) is 12.1. The lowest BCUT2D eigenvalue weighted by molar-refractivity contribution is -0.294. The normalized spacial score (nSPS) is 27.7. The third kappa shape index (κ3) is 5.69. The lowest BCUT2D eigenvalue weighted by atomic mass is 9.97. The van der Waals surface area contributed by atoms with Crippen LogP contribution in [0.5, 0.6) is 0 Å². The van der Waals surface area contributed by atoms with Crippen LogP contribution in [0.15, 0.2) is 0 Å². The monoisotopic (exact) mass is 376 g/mol. The van der Waals surface area contributed by atoms with Gasteiger partial charge in [0, 0.05) is 27.7 Å². The molecule has 1 saturated heterocycles. The fourth-order valence-corrected chi connectivity index (χ4v) is 2.34. The van der Waals surface area contributed by atoms with Crippen molar-refractivity contribution in [2.75, 3.05) is 7.11 Å². The van der Waals surface area contributed by atoms with Gasteiger partial charge in [-0.1, -0.05) is 0 Å². The molecule has 1 aliphatic heterocycles. The minimum absolute atomic E-state index is 0.814. The Bertz CT molecular complexity index is 584. The van der Waals surface area contributed by atoms with Gasteiger partial charge in [0.1, 0.15) is 0 Å². The number of methoxy groups -OCH3 is 1. The van der Waals surface area contributed by atoms with Crippen molar-refractivity contribution in [3.63, 3.8) is 0 Å². The Hall–Kier alpha value is -2.69. The van der Waals surface area contributed by atoms with Crippen LogP contribution < -0.4 is 0 Å². The van der Waals surface area contributed by atoms with Crippen molar-refractivity contribution >= 4 is 29.8 Å². The summed E-state index contributed by atoms with van der Waals surface area (Å²) in [6.07, 6.45) is -7.66. The number of hydrogen-bond acceptors (Lipinski definition) is 11. The minimum atomic E-state index is -1.60. The SMILES string of the molecule is COC(=O)[C@H]1OC(OC(C)=O)[C@H](OC(C)=O)[C@@H](OC(C)=O)[C@@H]1OC(C)=O. The smallest absolute Gasteiger partial charge is 0.339 e. The molecule has 0 amide bonds. The van der Waals surface area contributed by atoms with E-state index in [1.165, 1.54) is 0 Å². The molecule has 11 nitrogen and oxygen atoms in total. The van der Waals surface area contributed by atoms with Gasteiger partial charge in [0.15, 0.2) is 18.3 Å². The van der Waals surface area contributed by atoms with Gasteiger partial charge in [-0.3, -0.25) is 19.2 Å². The second-order valence-corrected chi connectivity index (χ2v) is 5.28. The maximum Gasteiger partial charge on any atom is 0.339 e. The molecule has 0 aliphatic carbocycles. The van der Waals surface area contributed by atoms with Crippen LogP contribution >= 0.6 is 0 Å². The molecule has 5 atom stereocenters. The van der Waals surface area contributed by atoms with Gasteiger partial charge < -0.3 is 28.4 Å². The first-order valence-corrected chi connectivity index (χ1v) is 7.49. The molecule has 1 fully saturated rings. The van der Waals surface area contributed by atoms with Gasteiger partial charge in [0.25, 0.3) is 0 Å². The van der Waals surface area contributed by atoms with Gasteiger partial charge in [-0.25, -0.2) is 4.79 Å². The Morgan fingerprint density at radius 3 is 1.50 bits per heavy atom. The molecule has 1 rings (SSSR count). The summed E-state index contributed by atoms with van der Waals surface area (Å²) in [7, 11) is 1.05. The topological polar surface area (TPSA) is 141 Å². The van der Waals surface area contributed by atoms with E-state index < -0.39 is 60.6 Å². The van der Waals surface area contributed by atoms with Gasteiger partial charge in [-0.2, -0.15) is 0 Å². The molecule has 11 heteroatoms. The van der Waals surface area contributed by atoms with Crippen molar-refractivity contribution < 1.29 is 52.4 Å². The fourth-order valence-electron chi connectivity index (χ4n) is 2.34. The van der Waals surface area contributed by atoms with E-state index in [-0.39, 0.29) is 0 Å². The van der Waals surface area contributed by atoms with Crippen molar-refractivity contribution in [1.82, 2.24) is 0 Å². The number of carbonyl (C=O) groups is 5. The highest BCUT2D eigenvalue weighted by Gasteiger charge is 2.56. The summed E-state index contributed by atoms with van der Waals surface area (Å²) >= 11 is 0. The third-order valence-corrected chi connectivity index (χ3v) is 3.12. The molecule has 0 aromatic rings. The van der Waals surface area contributed by atoms with Crippen LogP contribution in [0, 0.1) is 0 Å². The van der Waals surface area contributed by atoms with E-state index >= 15 is 0 Å². The standard InChI is InChI=1S/C15H20O11/c1-6(16)22-10-11(23-7(2)17)13(24-8(3)18)15(25-9(4)19)26-12(10)14(20)21-5/h10-13,15H,1-5H3/t10-,11-,12-,13+,15?/m0/s1. The van der Waals surface area contributed by atoms with Crippen LogP contribution in [-0.4, -0.2) is 67.7 Å². The second-order valence-electron chi connectivity index (χ2n) is 5.28. The maximum absolute atomic E-state index is 12.0. The molecule has 0 aromatic carbocycles. The Labute approximate surface area is 148 Å². The predicted octanol–water partition coefficient (Wildman–Crippen LogP) is -0.757. The van der Waals surface area contributed by atoms with E-state index in [1.54, 1.807) is 0 Å². The summed E-state index contributed by atoms with van der Waals surface area (Å²) in [5.41, 5.74) is 0. The molecular weight excluding hydrogens is 356 g/mol. The van der Waals surface area contributed by atoms with E-state index in [2.05, 4.69) is 4.74 Å². The van der Waals surface area contributed by atoms with Gasteiger partial charge >= 0.3 is 29.8 Å². The van der Waals surface area contributed by atoms with E-state index in [1.807, 2.05) is 0 Å². The van der Waals surface area contributed by atoms with Crippen LogP contribution in [0.2, 0.25) is 0 Å². The molecule has 26 heavy (non-hydrogen) atoms. The summed E-state index contributed by atoms with van der Waals surface area (Å²) in [6.45, 7) is 4.22. The van der Waals surface area contributed by atoms with E-state index in [9.17, 15) is 24.0 Å². The van der Waals surface area contributed by atoms with Crippen LogP contribution in [0.3, 0.4) is 0 Å². The predicted molar refractivity (Wildman–Crippen MR) is 79.1 cm³/mol. The highest BCUT2D eigenvalue weighted by Crippen LogP contribution is 2.30. The van der Waals surface area contributed by atoms with Gasteiger partial charge in [-0.15, -0.1) is 0 Å². The molecule has 1 unspecified atom stereocenters. The quantitative estimate of drug-likeness (QED) is 0.441. The number of esters is 5. The van der Waals surface area contributed by atoms with Crippen LogP contribution in [0.1, 0.15) is 27.7 Å². The molecule has 0 radical (unpaired) electrons. The highest BCUT2D eigenvalue weighted by atomic mass is 16.7. The molecule has 146 valence electrons. The fraction of sp³-hybridized carbons (Fsp3) is 0.667. The van der Waals surface area contributed by atoms with Crippen LogP contribution in [0.4, 0.5) is 0 Å². The highest BCUT2D eigenvalue weighted by molar-refractivity contribution is 5.77. The Morgan fingerprint density at radius 1 is 0.654 bits per heavy atom. The second kappa shape index (κ2) is 9.13. The average Bonchev–Trinajstić information content (AvgIpc) is 2.50. The van der Waals surface area contributed by atoms with Crippen LogP contribution in [-0.2, 0) is 52.4 Å². The molecule has 0 N–H and O–H groups in total. The maximum atomic E-state index is 12.0. The molecule has 0 spiro atoms. The Balaban J connectivity index is 3.37. The molecule has 0 aromatic heterocycles. The largest absolute Gasteiger partial charge is 0.467 e. The van der Waals surface area contributed by atoms with E-state index in [4.69, 9.17) is 23.7 Å². The molecule has 0 bridgehead atoms. The zero-order valence-corrected chi connectivity index (χ0v) is 14.9. The summed E-state index contributed by atoms with van der Waals surface area (Å²) < 4.78 is 30.0. The first-order valence-electron chi connectivity index (χ1n) is 7.49. The first kappa shape index (κ1) is 21.4. The lowest BCUT2D eigenvalue weighted by Gasteiger charge is -2.42. The van der Waals surface area contributed by atoms with Gasteiger partial charge in [-0.05, 0) is 0 Å². The van der Waals surface area contributed by atoms with Crippen molar-refractivity contribution in [3.05, 3.63) is 0 Å². The zero-order valence-electron chi connectivity index (χ0n) is 14.9. The molecule has 1 heterocycles. The third-order valence-electron chi connectivity index (χ3n) is 3.12. The summed E-state index contributed by atoms with van der Waals surface area (Å²) in [5, 5.41) is 0. The number of rotatable bonds is 5.